The fourth-order valence-electron chi connectivity index (χ4n) is 3.22. The molecule has 0 radical (unpaired) electrons. The number of hydrogen-bond acceptors (Lipinski definition) is 1. The van der Waals surface area contributed by atoms with Gasteiger partial charge in [0.25, 0.3) is 0 Å². The SMILES string of the molecule is CC1=CC(C)([Si](C)(NC(C)(C)C)c2ccccc2)C=C1. The van der Waals surface area contributed by atoms with Gasteiger partial charge in [-0.25, -0.2) is 0 Å². The largest absolute Gasteiger partial charge is 0.328 e. The molecule has 0 saturated carbocycles. The lowest BCUT2D eigenvalue weighted by molar-refractivity contribution is 0.506. The first kappa shape index (κ1) is 15.3. The van der Waals surface area contributed by atoms with Gasteiger partial charge in [0.2, 0.25) is 0 Å². The molecule has 1 nitrogen and oxygen atoms in total. The molecule has 0 saturated heterocycles. The Bertz CT molecular complexity index is 538. The summed E-state index contributed by atoms with van der Waals surface area (Å²) < 4.78 is 0. The molecule has 2 heteroatoms. The zero-order chi connectivity index (χ0) is 15.0. The molecule has 1 aliphatic carbocycles. The molecule has 2 rings (SSSR count). The highest BCUT2D eigenvalue weighted by Gasteiger charge is 2.48. The third-order valence-corrected chi connectivity index (χ3v) is 9.48. The van der Waals surface area contributed by atoms with Gasteiger partial charge in [0.1, 0.15) is 0 Å². The van der Waals surface area contributed by atoms with Crippen molar-refractivity contribution in [3.63, 3.8) is 0 Å². The van der Waals surface area contributed by atoms with E-state index in [0.717, 1.165) is 0 Å². The van der Waals surface area contributed by atoms with Crippen LogP contribution >= 0.6 is 0 Å². The maximum absolute atomic E-state index is 3.99. The molecule has 1 aromatic rings. The van der Waals surface area contributed by atoms with Crippen molar-refractivity contribution >= 4 is 13.4 Å². The number of allylic oxidation sites excluding steroid dienone is 4. The van der Waals surface area contributed by atoms with Crippen LogP contribution in [0.3, 0.4) is 0 Å². The molecule has 2 atom stereocenters. The van der Waals surface area contributed by atoms with Gasteiger partial charge in [0.05, 0.1) is 0 Å². The van der Waals surface area contributed by atoms with E-state index >= 15 is 0 Å². The molecule has 0 fully saturated rings. The van der Waals surface area contributed by atoms with Gasteiger partial charge in [-0.2, -0.15) is 0 Å². The van der Waals surface area contributed by atoms with Crippen molar-refractivity contribution in [2.24, 2.45) is 0 Å². The van der Waals surface area contributed by atoms with Gasteiger partial charge >= 0.3 is 0 Å². The normalized spacial score (nSPS) is 25.4. The first-order valence-electron chi connectivity index (χ1n) is 7.40. The average Bonchev–Trinajstić information content (AvgIpc) is 2.70. The molecule has 0 aliphatic heterocycles. The minimum absolute atomic E-state index is 0.109. The van der Waals surface area contributed by atoms with Crippen LogP contribution in [-0.4, -0.2) is 13.8 Å². The summed E-state index contributed by atoms with van der Waals surface area (Å²) in [7, 11) is -1.91. The Hall–Kier alpha value is -1.12. The molecule has 1 aromatic carbocycles. The van der Waals surface area contributed by atoms with Gasteiger partial charge < -0.3 is 4.98 Å². The Morgan fingerprint density at radius 1 is 1.10 bits per heavy atom. The van der Waals surface area contributed by atoms with Gasteiger partial charge in [-0.05, 0) is 32.9 Å². The van der Waals surface area contributed by atoms with E-state index in [1.54, 1.807) is 0 Å². The van der Waals surface area contributed by atoms with Crippen LogP contribution in [-0.2, 0) is 0 Å². The number of benzene rings is 1. The zero-order valence-corrected chi connectivity index (χ0v) is 14.6. The Kier molecular flexibility index (Phi) is 3.83. The molecule has 0 spiro atoms. The molecule has 1 N–H and O–H groups in total. The van der Waals surface area contributed by atoms with Gasteiger partial charge in [0.15, 0.2) is 8.24 Å². The average molecular weight is 286 g/mol. The predicted molar refractivity (Wildman–Crippen MR) is 91.8 cm³/mol. The maximum atomic E-state index is 3.99. The summed E-state index contributed by atoms with van der Waals surface area (Å²) in [5.74, 6) is 0. The second-order valence-electron chi connectivity index (χ2n) is 7.37. The molecular formula is C18H27NSi. The summed E-state index contributed by atoms with van der Waals surface area (Å²) in [4.78, 5) is 3.99. The lowest BCUT2D eigenvalue weighted by Gasteiger charge is -2.45. The molecule has 108 valence electrons. The minimum atomic E-state index is -1.91. The zero-order valence-electron chi connectivity index (χ0n) is 13.6. The number of nitrogens with one attached hydrogen (secondary N) is 1. The van der Waals surface area contributed by atoms with Crippen LogP contribution in [0, 0.1) is 0 Å². The summed E-state index contributed by atoms with van der Waals surface area (Å²) in [6, 6.07) is 11.0. The van der Waals surface area contributed by atoms with Crippen LogP contribution < -0.4 is 10.2 Å². The summed E-state index contributed by atoms with van der Waals surface area (Å²) in [5.41, 5.74) is 1.48. The van der Waals surface area contributed by atoms with Crippen molar-refractivity contribution in [2.45, 2.75) is 51.7 Å². The first-order valence-corrected chi connectivity index (χ1v) is 9.90. The van der Waals surface area contributed by atoms with E-state index in [2.05, 4.69) is 94.7 Å². The highest BCUT2D eigenvalue weighted by atomic mass is 28.3. The van der Waals surface area contributed by atoms with E-state index in [1.165, 1.54) is 10.8 Å². The summed E-state index contributed by atoms with van der Waals surface area (Å²) >= 11 is 0. The fraction of sp³-hybridized carbons (Fsp3) is 0.444. The smallest absolute Gasteiger partial charge is 0.168 e. The summed E-state index contributed by atoms with van der Waals surface area (Å²) in [6.07, 6.45) is 7.09. The van der Waals surface area contributed by atoms with E-state index in [0.29, 0.717) is 0 Å². The topological polar surface area (TPSA) is 12.0 Å². The Morgan fingerprint density at radius 2 is 1.70 bits per heavy atom. The van der Waals surface area contributed by atoms with Crippen molar-refractivity contribution < 1.29 is 0 Å². The van der Waals surface area contributed by atoms with Gasteiger partial charge in [-0.3, -0.25) is 0 Å². The Labute approximate surface area is 124 Å². The van der Waals surface area contributed by atoms with E-state index in [1.807, 2.05) is 0 Å². The van der Waals surface area contributed by atoms with Crippen LogP contribution in [0.15, 0.2) is 54.1 Å². The predicted octanol–water partition coefficient (Wildman–Crippen LogP) is 4.13. The summed E-state index contributed by atoms with van der Waals surface area (Å²) in [6.45, 7) is 13.8. The van der Waals surface area contributed by atoms with Crippen LogP contribution in [0.4, 0.5) is 0 Å². The third-order valence-electron chi connectivity index (χ3n) is 4.27. The van der Waals surface area contributed by atoms with Crippen molar-refractivity contribution in [3.05, 3.63) is 54.1 Å². The maximum Gasteiger partial charge on any atom is 0.168 e. The lowest BCUT2D eigenvalue weighted by Crippen LogP contribution is -2.68. The summed E-state index contributed by atoms with van der Waals surface area (Å²) in [5, 5.41) is 1.58. The Balaban J connectivity index is 2.54. The van der Waals surface area contributed by atoms with Crippen LogP contribution in [0.2, 0.25) is 11.6 Å². The second kappa shape index (κ2) is 5.01. The Morgan fingerprint density at radius 3 is 2.15 bits per heavy atom. The van der Waals surface area contributed by atoms with Crippen molar-refractivity contribution in [1.29, 1.82) is 0 Å². The fourth-order valence-corrected chi connectivity index (χ4v) is 7.55. The third kappa shape index (κ3) is 2.81. The first-order chi connectivity index (χ1) is 9.16. The van der Waals surface area contributed by atoms with E-state index in [4.69, 9.17) is 0 Å². The van der Waals surface area contributed by atoms with Crippen molar-refractivity contribution in [3.8, 4) is 0 Å². The van der Waals surface area contributed by atoms with Gasteiger partial charge in [-0.15, -0.1) is 0 Å². The van der Waals surface area contributed by atoms with Gasteiger partial charge in [0, 0.05) is 10.6 Å². The molecule has 0 aromatic heterocycles. The van der Waals surface area contributed by atoms with E-state index < -0.39 is 8.24 Å². The molecule has 0 bridgehead atoms. The molecular weight excluding hydrogens is 258 g/mol. The van der Waals surface area contributed by atoms with Crippen LogP contribution in [0.5, 0.6) is 0 Å². The quantitative estimate of drug-likeness (QED) is 0.823. The molecule has 1 aliphatic rings. The van der Waals surface area contributed by atoms with E-state index in [-0.39, 0.29) is 10.6 Å². The molecule has 2 unspecified atom stereocenters. The number of hydrogen-bond donors (Lipinski definition) is 1. The van der Waals surface area contributed by atoms with Crippen molar-refractivity contribution in [1.82, 2.24) is 4.98 Å². The highest BCUT2D eigenvalue weighted by Crippen LogP contribution is 2.44. The number of rotatable bonds is 3. The molecule has 0 heterocycles. The minimum Gasteiger partial charge on any atom is -0.328 e. The standard InChI is InChI=1S/C18H27NSi/c1-15-12-13-18(5,14-15)20(6,19-17(2,3)4)16-10-8-7-9-11-16/h7-14,19H,1-6H3. The van der Waals surface area contributed by atoms with E-state index in [9.17, 15) is 0 Å². The lowest BCUT2D eigenvalue weighted by atomic mass is 10.1. The monoisotopic (exact) mass is 285 g/mol. The van der Waals surface area contributed by atoms with Crippen LogP contribution in [0.25, 0.3) is 0 Å². The van der Waals surface area contributed by atoms with Crippen LogP contribution in [0.1, 0.15) is 34.6 Å². The molecule has 20 heavy (non-hydrogen) atoms. The van der Waals surface area contributed by atoms with Gasteiger partial charge in [-0.1, -0.05) is 67.6 Å². The second-order valence-corrected chi connectivity index (χ2v) is 11.5. The molecule has 0 amide bonds. The van der Waals surface area contributed by atoms with Crippen molar-refractivity contribution in [2.75, 3.05) is 0 Å². The highest BCUT2D eigenvalue weighted by molar-refractivity contribution is 6.92.